The van der Waals surface area contributed by atoms with E-state index in [0.717, 1.165) is 6.61 Å². The van der Waals surface area contributed by atoms with Crippen LogP contribution in [0.1, 0.15) is 39.5 Å². The van der Waals surface area contributed by atoms with Crippen LogP contribution in [0.4, 0.5) is 0 Å². The molecule has 0 heterocycles. The number of unbranched alkanes of at least 4 members (excludes halogenated alkanes) is 1. The van der Waals surface area contributed by atoms with E-state index in [1.54, 1.807) is 0 Å². The van der Waals surface area contributed by atoms with E-state index in [2.05, 4.69) is 13.8 Å². The highest BCUT2D eigenvalue weighted by atomic mass is 24.3. The van der Waals surface area contributed by atoms with E-state index in [1.807, 2.05) is 0 Å². The quantitative estimate of drug-likeness (QED) is 0.473. The molecule has 0 rings (SSSR count). The second-order valence-electron chi connectivity index (χ2n) is 3.22. The second kappa shape index (κ2) is 12.7. The average Bonchev–Trinajstić information content (AvgIpc) is 2.11. The zero-order valence-electron chi connectivity index (χ0n) is 8.38. The van der Waals surface area contributed by atoms with Gasteiger partial charge in [-0.3, -0.25) is 0 Å². The van der Waals surface area contributed by atoms with Crippen molar-refractivity contribution in [2.24, 2.45) is 5.92 Å². The second-order valence-corrected chi connectivity index (χ2v) is 3.22. The SMILES string of the molecule is CCCCC(CC)COCCO.[MgH2]. The van der Waals surface area contributed by atoms with Crippen molar-refractivity contribution in [1.29, 1.82) is 0 Å². The zero-order chi connectivity index (χ0) is 9.23. The topological polar surface area (TPSA) is 29.5 Å². The lowest BCUT2D eigenvalue weighted by molar-refractivity contribution is 0.0640. The lowest BCUT2D eigenvalue weighted by Crippen LogP contribution is -2.10. The number of ether oxygens (including phenoxy) is 1. The Balaban J connectivity index is 0. The highest BCUT2D eigenvalue weighted by molar-refractivity contribution is 5.75. The molecule has 0 aromatic heterocycles. The number of hydrogen-bond donors (Lipinski definition) is 1. The van der Waals surface area contributed by atoms with Gasteiger partial charge in [0.25, 0.3) is 0 Å². The van der Waals surface area contributed by atoms with Crippen molar-refractivity contribution < 1.29 is 9.84 Å². The molecule has 1 atom stereocenters. The van der Waals surface area contributed by atoms with Gasteiger partial charge in [0.15, 0.2) is 0 Å². The van der Waals surface area contributed by atoms with Crippen molar-refractivity contribution in [2.45, 2.75) is 39.5 Å². The van der Waals surface area contributed by atoms with E-state index >= 15 is 0 Å². The van der Waals surface area contributed by atoms with Crippen LogP contribution in [0.15, 0.2) is 0 Å². The molecule has 0 bridgehead atoms. The molecular weight excluding hydrogens is 176 g/mol. The minimum absolute atomic E-state index is 0. The Hall–Kier alpha value is 0.686. The summed E-state index contributed by atoms with van der Waals surface area (Å²) < 4.78 is 5.28. The Morgan fingerprint density at radius 2 is 2.00 bits per heavy atom. The van der Waals surface area contributed by atoms with Gasteiger partial charge >= 0.3 is 23.1 Å². The van der Waals surface area contributed by atoms with Gasteiger partial charge in [-0.05, 0) is 12.3 Å². The molecule has 78 valence electrons. The van der Waals surface area contributed by atoms with E-state index < -0.39 is 0 Å². The molecule has 0 aliphatic heterocycles. The third-order valence-corrected chi connectivity index (χ3v) is 2.13. The van der Waals surface area contributed by atoms with Crippen molar-refractivity contribution in [3.63, 3.8) is 0 Å². The molecule has 0 spiro atoms. The summed E-state index contributed by atoms with van der Waals surface area (Å²) in [4.78, 5) is 0. The molecule has 0 saturated carbocycles. The molecule has 0 aliphatic carbocycles. The molecule has 0 aromatic carbocycles. The van der Waals surface area contributed by atoms with E-state index in [-0.39, 0.29) is 29.7 Å². The fourth-order valence-electron chi connectivity index (χ4n) is 1.21. The smallest absolute Gasteiger partial charge is 0.316 e. The van der Waals surface area contributed by atoms with Crippen LogP contribution in [0.3, 0.4) is 0 Å². The van der Waals surface area contributed by atoms with Gasteiger partial charge in [0.2, 0.25) is 0 Å². The van der Waals surface area contributed by atoms with Crippen molar-refractivity contribution >= 4 is 23.1 Å². The molecule has 0 fully saturated rings. The van der Waals surface area contributed by atoms with Gasteiger partial charge < -0.3 is 9.84 Å². The van der Waals surface area contributed by atoms with Crippen LogP contribution in [0.25, 0.3) is 0 Å². The van der Waals surface area contributed by atoms with Crippen LogP contribution in [0.2, 0.25) is 0 Å². The van der Waals surface area contributed by atoms with E-state index in [4.69, 9.17) is 9.84 Å². The lowest BCUT2D eigenvalue weighted by atomic mass is 10.0. The molecule has 0 amide bonds. The maximum atomic E-state index is 8.50. The summed E-state index contributed by atoms with van der Waals surface area (Å²) in [6.07, 6.45) is 5.00. The maximum Gasteiger partial charge on any atom is 0.316 e. The highest BCUT2D eigenvalue weighted by Gasteiger charge is 2.04. The van der Waals surface area contributed by atoms with Crippen LogP contribution in [-0.4, -0.2) is 48.0 Å². The molecular formula is C10H24MgO2. The van der Waals surface area contributed by atoms with Gasteiger partial charge in [-0.2, -0.15) is 0 Å². The first-order valence-corrected chi connectivity index (χ1v) is 5.03. The zero-order valence-corrected chi connectivity index (χ0v) is 8.38. The molecule has 1 N–H and O–H groups in total. The summed E-state index contributed by atoms with van der Waals surface area (Å²) in [6.45, 7) is 5.85. The third kappa shape index (κ3) is 10.6. The Kier molecular flexibility index (Phi) is 15.7. The van der Waals surface area contributed by atoms with Gasteiger partial charge in [-0.15, -0.1) is 0 Å². The van der Waals surface area contributed by atoms with Crippen LogP contribution >= 0.6 is 0 Å². The Morgan fingerprint density at radius 1 is 1.31 bits per heavy atom. The Labute approximate surface area is 98.2 Å². The standard InChI is InChI=1S/C10H22O2.Mg.2H/c1-3-5-6-10(4-2)9-12-8-7-11;;;/h10-11H,3-9H2,1-2H3;;;. The van der Waals surface area contributed by atoms with Gasteiger partial charge in [0, 0.05) is 6.61 Å². The highest BCUT2D eigenvalue weighted by Crippen LogP contribution is 2.12. The van der Waals surface area contributed by atoms with Gasteiger partial charge in [-0.25, -0.2) is 0 Å². The van der Waals surface area contributed by atoms with Crippen LogP contribution < -0.4 is 0 Å². The van der Waals surface area contributed by atoms with Crippen molar-refractivity contribution in [3.8, 4) is 0 Å². The average molecular weight is 201 g/mol. The molecule has 1 unspecified atom stereocenters. The number of hydrogen-bond acceptors (Lipinski definition) is 2. The van der Waals surface area contributed by atoms with E-state index in [1.165, 1.54) is 25.7 Å². The molecule has 0 saturated heterocycles. The van der Waals surface area contributed by atoms with Crippen LogP contribution in [0.5, 0.6) is 0 Å². The Bertz CT molecular complexity index is 89.0. The number of aliphatic hydroxyl groups is 1. The maximum absolute atomic E-state index is 8.50. The monoisotopic (exact) mass is 200 g/mol. The third-order valence-electron chi connectivity index (χ3n) is 2.13. The fraction of sp³-hybridized carbons (Fsp3) is 1.00. The summed E-state index contributed by atoms with van der Waals surface area (Å²) in [5.74, 6) is 0.691. The molecule has 0 radical (unpaired) electrons. The normalized spacial score (nSPS) is 12.2. The van der Waals surface area contributed by atoms with Gasteiger partial charge in [-0.1, -0.05) is 33.1 Å². The lowest BCUT2D eigenvalue weighted by Gasteiger charge is -2.13. The van der Waals surface area contributed by atoms with E-state index in [9.17, 15) is 0 Å². The molecule has 2 nitrogen and oxygen atoms in total. The first-order valence-electron chi connectivity index (χ1n) is 5.03. The molecule has 3 heteroatoms. The predicted molar refractivity (Wildman–Crippen MR) is 59.8 cm³/mol. The predicted octanol–water partition coefficient (Wildman–Crippen LogP) is 1.30. The van der Waals surface area contributed by atoms with Gasteiger partial charge in [0.05, 0.1) is 13.2 Å². The summed E-state index contributed by atoms with van der Waals surface area (Å²) >= 11 is 0. The van der Waals surface area contributed by atoms with Crippen LogP contribution in [-0.2, 0) is 4.74 Å². The molecule has 0 aliphatic rings. The first kappa shape index (κ1) is 16.1. The van der Waals surface area contributed by atoms with E-state index in [0.29, 0.717) is 12.5 Å². The minimum Gasteiger partial charge on any atom is -0.394 e. The summed E-state index contributed by atoms with van der Waals surface area (Å²) in [5, 5.41) is 8.50. The minimum atomic E-state index is 0. The number of rotatable bonds is 8. The largest absolute Gasteiger partial charge is 0.394 e. The summed E-state index contributed by atoms with van der Waals surface area (Å²) in [6, 6.07) is 0. The summed E-state index contributed by atoms with van der Waals surface area (Å²) in [7, 11) is 0. The molecule has 13 heavy (non-hydrogen) atoms. The number of aliphatic hydroxyl groups excluding tert-OH is 1. The van der Waals surface area contributed by atoms with Crippen molar-refractivity contribution in [2.75, 3.05) is 19.8 Å². The van der Waals surface area contributed by atoms with Crippen LogP contribution in [0, 0.1) is 5.92 Å². The first-order chi connectivity index (χ1) is 5.85. The van der Waals surface area contributed by atoms with Crippen molar-refractivity contribution in [3.05, 3.63) is 0 Å². The fourth-order valence-corrected chi connectivity index (χ4v) is 1.21. The van der Waals surface area contributed by atoms with Gasteiger partial charge in [0.1, 0.15) is 0 Å². The Morgan fingerprint density at radius 3 is 2.46 bits per heavy atom. The molecule has 0 aromatic rings. The van der Waals surface area contributed by atoms with Crippen molar-refractivity contribution in [1.82, 2.24) is 0 Å². The summed E-state index contributed by atoms with van der Waals surface area (Å²) in [5.41, 5.74) is 0.